The molecule has 2 aromatic rings. The molecule has 10 nitrogen and oxygen atoms in total. The van der Waals surface area contributed by atoms with Gasteiger partial charge in [-0.1, -0.05) is 0 Å². The first-order chi connectivity index (χ1) is 12.2. The van der Waals surface area contributed by atoms with E-state index in [4.69, 9.17) is 37.3 Å². The summed E-state index contributed by atoms with van der Waals surface area (Å²) in [6.07, 6.45) is 9.75. The van der Waals surface area contributed by atoms with Crippen LogP contribution in [0.3, 0.4) is 0 Å². The van der Waals surface area contributed by atoms with Crippen LogP contribution in [-0.4, -0.2) is 0 Å². The number of halogens is 2. The van der Waals surface area contributed by atoms with E-state index in [-0.39, 0.29) is 0 Å². The molecule has 0 aromatic carbocycles. The maximum atomic E-state index is 8.49. The smallest absolute Gasteiger partial charge is 0.169 e. The summed E-state index contributed by atoms with van der Waals surface area (Å²) in [5.74, 6) is 0. The molecule has 0 aliphatic heterocycles. The molecule has 0 amide bonds. The molecule has 0 atom stereocenters. The van der Waals surface area contributed by atoms with Gasteiger partial charge in [0.15, 0.2) is 37.9 Å². The maximum Gasteiger partial charge on any atom is 0.169 e. The zero-order chi connectivity index (χ0) is 21.1. The van der Waals surface area contributed by atoms with E-state index in [2.05, 4.69) is 72.0 Å². The normalized spacial score (nSPS) is 11.0. The van der Waals surface area contributed by atoms with Gasteiger partial charge in [0, 0.05) is 24.3 Å². The third kappa shape index (κ3) is 20.7. The number of pyridine rings is 2. The Labute approximate surface area is 160 Å². The summed E-state index contributed by atoms with van der Waals surface area (Å²) in [6.45, 7) is 6.38. The molecule has 2 aromatic heterocycles. The molecule has 0 saturated heterocycles. The Morgan fingerprint density at radius 1 is 0.593 bits per heavy atom. The summed E-state index contributed by atoms with van der Waals surface area (Å²) in [5.41, 5.74) is 2.63. The number of hydrogen-bond donors (Lipinski definition) is 0. The van der Waals surface area contributed by atoms with Gasteiger partial charge in [0.1, 0.15) is 0 Å². The van der Waals surface area contributed by atoms with Crippen LogP contribution in [0.15, 0.2) is 49.1 Å². The van der Waals surface area contributed by atoms with Gasteiger partial charge < -0.3 is 0 Å². The largest absolute Gasteiger partial charge is 0.222 e. The van der Waals surface area contributed by atoms with Crippen LogP contribution in [-0.2, 0) is 13.1 Å². The van der Waals surface area contributed by atoms with Crippen molar-refractivity contribution in [2.24, 2.45) is 0 Å². The molecular formula is C15H20Cl2N2O8. The van der Waals surface area contributed by atoms with Crippen molar-refractivity contribution in [2.75, 3.05) is 0 Å². The van der Waals surface area contributed by atoms with Crippen molar-refractivity contribution in [3.05, 3.63) is 60.2 Å². The van der Waals surface area contributed by atoms with Crippen molar-refractivity contribution in [1.82, 2.24) is 0 Å². The molecule has 0 aliphatic carbocycles. The van der Waals surface area contributed by atoms with Gasteiger partial charge in [-0.25, -0.2) is 46.4 Å². The van der Waals surface area contributed by atoms with Gasteiger partial charge in [-0.3, -0.25) is 0 Å². The Morgan fingerprint density at radius 2 is 0.815 bits per heavy atom. The van der Waals surface area contributed by atoms with Crippen molar-refractivity contribution < 1.29 is 66.9 Å². The van der Waals surface area contributed by atoms with E-state index in [1.807, 2.05) is 0 Å². The van der Waals surface area contributed by atoms with Crippen molar-refractivity contribution in [1.29, 1.82) is 0 Å². The number of rotatable bonds is 4. The highest BCUT2D eigenvalue weighted by Gasteiger charge is 2.03. The van der Waals surface area contributed by atoms with E-state index in [1.54, 1.807) is 0 Å². The average molecular weight is 427 g/mol. The second-order valence-electron chi connectivity index (χ2n) is 5.34. The first-order valence-electron chi connectivity index (χ1n) is 7.39. The van der Waals surface area contributed by atoms with Gasteiger partial charge in [-0.2, -0.15) is 0 Å². The van der Waals surface area contributed by atoms with Gasteiger partial charge in [0.05, 0.1) is 6.42 Å². The van der Waals surface area contributed by atoms with Gasteiger partial charge in [-0.15, -0.1) is 20.5 Å². The quantitative estimate of drug-likeness (QED) is 0.429. The Morgan fingerprint density at radius 3 is 1.04 bits per heavy atom. The van der Waals surface area contributed by atoms with Crippen molar-refractivity contribution in [3.63, 3.8) is 0 Å². The fraction of sp³-hybridized carbons (Fsp3) is 0.333. The second kappa shape index (κ2) is 12.1. The molecule has 0 N–H and O–H groups in total. The van der Waals surface area contributed by atoms with Gasteiger partial charge in [0.25, 0.3) is 0 Å². The van der Waals surface area contributed by atoms with Crippen LogP contribution in [0.2, 0.25) is 0 Å². The topological polar surface area (TPSA) is 192 Å². The lowest BCUT2D eigenvalue weighted by atomic mass is 10.3. The molecule has 152 valence electrons. The van der Waals surface area contributed by atoms with Crippen LogP contribution in [0.25, 0.3) is 0 Å². The van der Waals surface area contributed by atoms with Crippen LogP contribution in [0.1, 0.15) is 17.5 Å². The standard InChI is InChI=1S/C15H20N2.2ClHO4/c1-14-4-10-16(11-5-14)8-3-9-17-12-6-15(2)7-13-17;2*2-1(3,4)5/h4-7,10-13H,3,8-9H2,1-2H3;2*(H,2,3,4,5)/q+2;;/p-2. The lowest BCUT2D eigenvalue weighted by Crippen LogP contribution is -2.68. The Hall–Kier alpha value is -1.44. The summed E-state index contributed by atoms with van der Waals surface area (Å²) in [7, 11) is -9.89. The number of nitrogens with zero attached hydrogens (tertiary/aromatic N) is 2. The molecule has 0 aliphatic rings. The Balaban J connectivity index is 0.000000563. The molecule has 0 bridgehead atoms. The Bertz CT molecular complexity index is 573. The van der Waals surface area contributed by atoms with Crippen LogP contribution >= 0.6 is 0 Å². The zero-order valence-corrected chi connectivity index (χ0v) is 16.2. The highest BCUT2D eigenvalue weighted by Crippen LogP contribution is 1.92. The lowest BCUT2D eigenvalue weighted by molar-refractivity contribution is -2.00. The van der Waals surface area contributed by atoms with E-state index >= 15 is 0 Å². The highest BCUT2D eigenvalue weighted by atomic mass is 35.7. The van der Waals surface area contributed by atoms with E-state index < -0.39 is 20.5 Å². The Kier molecular flexibility index (Phi) is 11.5. The molecule has 12 heteroatoms. The number of hydrogen-bond acceptors (Lipinski definition) is 8. The summed E-state index contributed by atoms with van der Waals surface area (Å²) in [4.78, 5) is 0. The number of aromatic nitrogens is 2. The summed E-state index contributed by atoms with van der Waals surface area (Å²) in [6, 6.07) is 8.61. The first kappa shape index (κ1) is 25.6. The predicted octanol–water partition coefficient (Wildman–Crippen LogP) is -7.54. The van der Waals surface area contributed by atoms with Crippen molar-refractivity contribution in [3.8, 4) is 0 Å². The van der Waals surface area contributed by atoms with Crippen molar-refractivity contribution >= 4 is 0 Å². The van der Waals surface area contributed by atoms with Gasteiger partial charge >= 0.3 is 0 Å². The van der Waals surface area contributed by atoms with E-state index in [0.29, 0.717) is 0 Å². The molecule has 0 saturated carbocycles. The molecule has 0 spiro atoms. The summed E-state index contributed by atoms with van der Waals surface area (Å²) < 4.78 is 72.4. The zero-order valence-electron chi connectivity index (χ0n) is 14.7. The minimum absolute atomic E-state index is 1.07. The molecule has 2 heterocycles. The fourth-order valence-electron chi connectivity index (χ4n) is 1.80. The third-order valence-corrected chi connectivity index (χ3v) is 2.95. The lowest BCUT2D eigenvalue weighted by Gasteiger charge is -2.17. The average Bonchev–Trinajstić information content (AvgIpc) is 2.48. The van der Waals surface area contributed by atoms with Crippen molar-refractivity contribution in [2.45, 2.75) is 33.4 Å². The molecule has 0 radical (unpaired) electrons. The van der Waals surface area contributed by atoms with Crippen LogP contribution in [0.4, 0.5) is 0 Å². The summed E-state index contributed by atoms with van der Waals surface area (Å²) >= 11 is 0. The van der Waals surface area contributed by atoms with Crippen LogP contribution < -0.4 is 46.4 Å². The molecule has 27 heavy (non-hydrogen) atoms. The molecule has 0 unspecified atom stereocenters. The third-order valence-electron chi connectivity index (χ3n) is 2.95. The van der Waals surface area contributed by atoms with E-state index in [9.17, 15) is 0 Å². The number of aryl methyl sites for hydroxylation is 4. The van der Waals surface area contributed by atoms with E-state index in [0.717, 1.165) is 19.5 Å². The molecule has 0 fully saturated rings. The van der Waals surface area contributed by atoms with Crippen LogP contribution in [0.5, 0.6) is 0 Å². The first-order valence-corrected chi connectivity index (χ1v) is 9.86. The van der Waals surface area contributed by atoms with E-state index in [1.165, 1.54) is 11.1 Å². The fourth-order valence-corrected chi connectivity index (χ4v) is 1.80. The molecular weight excluding hydrogens is 407 g/mol. The predicted molar refractivity (Wildman–Crippen MR) is 67.4 cm³/mol. The monoisotopic (exact) mass is 426 g/mol. The van der Waals surface area contributed by atoms with Crippen LogP contribution in [0, 0.1) is 34.3 Å². The van der Waals surface area contributed by atoms with Gasteiger partial charge in [0.2, 0.25) is 0 Å². The summed E-state index contributed by atoms with van der Waals surface area (Å²) in [5, 5.41) is 0. The molecule has 2 rings (SSSR count). The second-order valence-corrected chi connectivity index (χ2v) is 6.85. The highest BCUT2D eigenvalue weighted by molar-refractivity contribution is 5.03. The SMILES string of the molecule is Cc1cc[n+](CCC[n+]2ccc(C)cc2)cc1.[O-][Cl+3]([O-])([O-])[O-].[O-][Cl+3]([O-])([O-])[O-]. The maximum absolute atomic E-state index is 8.49. The van der Waals surface area contributed by atoms with Gasteiger partial charge in [-0.05, 0) is 25.0 Å². The minimum Gasteiger partial charge on any atom is -0.222 e. The minimum atomic E-state index is -4.94.